The highest BCUT2D eigenvalue weighted by atomic mass is 35.5. The first-order valence-electron chi connectivity index (χ1n) is 8.44. The molecule has 2 unspecified atom stereocenters. The van der Waals surface area contributed by atoms with Crippen LogP contribution in [0.25, 0.3) is 0 Å². The molecule has 0 radical (unpaired) electrons. The minimum atomic E-state index is -0.677. The maximum absolute atomic E-state index is 12.0. The summed E-state index contributed by atoms with van der Waals surface area (Å²) in [5, 5.41) is 2.88. The average molecular weight is 373 g/mol. The first-order valence-corrected chi connectivity index (χ1v) is 8.44. The van der Waals surface area contributed by atoms with Crippen LogP contribution < -0.4 is 20.5 Å². The molecule has 6 nitrogen and oxygen atoms in total. The molecule has 1 saturated carbocycles. The molecule has 25 heavy (non-hydrogen) atoms. The minimum Gasteiger partial charge on any atom is -0.493 e. The molecule has 2 atom stereocenters. The Balaban J connectivity index is 0.00000312. The summed E-state index contributed by atoms with van der Waals surface area (Å²) >= 11 is 0. The number of nitrogens with two attached hydrogens (primary N) is 1. The van der Waals surface area contributed by atoms with Gasteiger partial charge in [0.05, 0.1) is 25.9 Å². The summed E-state index contributed by atoms with van der Waals surface area (Å²) in [6.07, 6.45) is 4.89. The van der Waals surface area contributed by atoms with Crippen LogP contribution in [-0.2, 0) is 9.53 Å². The Morgan fingerprint density at radius 1 is 1.28 bits per heavy atom. The number of nitrogens with one attached hydrogen (secondary N) is 1. The third kappa shape index (κ3) is 6.06. The molecule has 1 aromatic carbocycles. The lowest BCUT2D eigenvalue weighted by Gasteiger charge is -2.20. The van der Waals surface area contributed by atoms with Gasteiger partial charge in [0, 0.05) is 7.11 Å². The Morgan fingerprint density at radius 2 is 1.96 bits per heavy atom. The monoisotopic (exact) mass is 372 g/mol. The standard InChI is InChI=1S/C18H28N2O4.ClH/c1-12(20-18(21)15(19)11-22-2)13-8-9-16(17(10-13)23-3)24-14-6-4-5-7-14;/h8-10,12,14-15H,4-7,11,19H2,1-3H3,(H,20,21);1H. The zero-order chi connectivity index (χ0) is 17.5. The number of halogens is 1. The van der Waals surface area contributed by atoms with Gasteiger partial charge in [-0.25, -0.2) is 0 Å². The topological polar surface area (TPSA) is 82.8 Å². The lowest BCUT2D eigenvalue weighted by Crippen LogP contribution is -2.44. The summed E-state index contributed by atoms with van der Waals surface area (Å²) in [5.74, 6) is 1.19. The quantitative estimate of drug-likeness (QED) is 0.732. The summed E-state index contributed by atoms with van der Waals surface area (Å²) in [6.45, 7) is 2.10. The predicted molar refractivity (Wildman–Crippen MR) is 99.5 cm³/mol. The molecule has 1 aromatic rings. The smallest absolute Gasteiger partial charge is 0.239 e. The van der Waals surface area contributed by atoms with Gasteiger partial charge in [0.15, 0.2) is 11.5 Å². The van der Waals surface area contributed by atoms with Gasteiger partial charge in [-0.2, -0.15) is 0 Å². The number of amides is 1. The molecular weight excluding hydrogens is 344 g/mol. The minimum absolute atomic E-state index is 0. The van der Waals surface area contributed by atoms with Crippen molar-refractivity contribution in [2.45, 2.75) is 50.8 Å². The van der Waals surface area contributed by atoms with Crippen LogP contribution in [0.15, 0.2) is 18.2 Å². The fraction of sp³-hybridized carbons (Fsp3) is 0.611. The third-order valence-corrected chi connectivity index (χ3v) is 4.33. The van der Waals surface area contributed by atoms with Crippen LogP contribution in [0.3, 0.4) is 0 Å². The van der Waals surface area contributed by atoms with Crippen LogP contribution in [0.2, 0.25) is 0 Å². The Bertz CT molecular complexity index is 550. The molecule has 2 rings (SSSR count). The van der Waals surface area contributed by atoms with Crippen LogP contribution in [0.4, 0.5) is 0 Å². The van der Waals surface area contributed by atoms with E-state index in [1.165, 1.54) is 20.0 Å². The number of carbonyl (C=O) groups excluding carboxylic acids is 1. The van der Waals surface area contributed by atoms with Gasteiger partial charge in [-0.3, -0.25) is 4.79 Å². The van der Waals surface area contributed by atoms with Gasteiger partial charge >= 0.3 is 0 Å². The summed E-state index contributed by atoms with van der Waals surface area (Å²) in [4.78, 5) is 12.0. The van der Waals surface area contributed by atoms with E-state index in [9.17, 15) is 4.79 Å². The van der Waals surface area contributed by atoms with E-state index < -0.39 is 6.04 Å². The van der Waals surface area contributed by atoms with Crippen molar-refractivity contribution in [3.05, 3.63) is 23.8 Å². The molecular formula is C18H29ClN2O4. The number of hydrogen-bond donors (Lipinski definition) is 2. The van der Waals surface area contributed by atoms with Crippen LogP contribution in [0, 0.1) is 0 Å². The zero-order valence-corrected chi connectivity index (χ0v) is 15.9. The highest BCUT2D eigenvalue weighted by Gasteiger charge is 2.20. The molecule has 0 aromatic heterocycles. The van der Waals surface area contributed by atoms with Crippen molar-refractivity contribution in [2.75, 3.05) is 20.8 Å². The van der Waals surface area contributed by atoms with Crippen LogP contribution in [-0.4, -0.2) is 38.9 Å². The SMILES string of the molecule is COCC(N)C(=O)NC(C)c1ccc(OC2CCCC2)c(OC)c1.Cl. The van der Waals surface area contributed by atoms with Crippen LogP contribution >= 0.6 is 12.4 Å². The second-order valence-corrected chi connectivity index (χ2v) is 6.23. The molecule has 0 heterocycles. The normalized spacial score (nSPS) is 16.6. The highest BCUT2D eigenvalue weighted by molar-refractivity contribution is 5.85. The molecule has 1 fully saturated rings. The van der Waals surface area contributed by atoms with E-state index in [0.717, 1.165) is 24.2 Å². The molecule has 7 heteroatoms. The maximum Gasteiger partial charge on any atom is 0.239 e. The molecule has 0 bridgehead atoms. The maximum atomic E-state index is 12.0. The van der Waals surface area contributed by atoms with Crippen LogP contribution in [0.1, 0.15) is 44.2 Å². The van der Waals surface area contributed by atoms with Crippen LogP contribution in [0.5, 0.6) is 11.5 Å². The van der Waals surface area contributed by atoms with E-state index in [1.54, 1.807) is 7.11 Å². The van der Waals surface area contributed by atoms with Crippen molar-refractivity contribution in [3.8, 4) is 11.5 Å². The van der Waals surface area contributed by atoms with E-state index in [-0.39, 0.29) is 37.1 Å². The van der Waals surface area contributed by atoms with Gasteiger partial charge in [0.1, 0.15) is 6.04 Å². The second kappa shape index (κ2) is 10.5. The number of carbonyl (C=O) groups is 1. The molecule has 1 aliphatic carbocycles. The summed E-state index contributed by atoms with van der Waals surface area (Å²) in [5.41, 5.74) is 6.68. The number of hydrogen-bond acceptors (Lipinski definition) is 5. The summed E-state index contributed by atoms with van der Waals surface area (Å²) < 4.78 is 16.4. The lowest BCUT2D eigenvalue weighted by molar-refractivity contribution is -0.124. The van der Waals surface area contributed by atoms with Crippen molar-refractivity contribution < 1.29 is 19.0 Å². The molecule has 3 N–H and O–H groups in total. The van der Waals surface area contributed by atoms with Gasteiger partial charge in [-0.05, 0) is 50.3 Å². The highest BCUT2D eigenvalue weighted by Crippen LogP contribution is 2.33. The van der Waals surface area contributed by atoms with Gasteiger partial charge in [0.25, 0.3) is 0 Å². The fourth-order valence-electron chi connectivity index (χ4n) is 2.90. The molecule has 0 aliphatic heterocycles. The van der Waals surface area contributed by atoms with Gasteiger partial charge < -0.3 is 25.3 Å². The average Bonchev–Trinajstić information content (AvgIpc) is 3.08. The van der Waals surface area contributed by atoms with Gasteiger partial charge in [-0.15, -0.1) is 12.4 Å². The summed E-state index contributed by atoms with van der Waals surface area (Å²) in [6, 6.07) is 4.89. The second-order valence-electron chi connectivity index (χ2n) is 6.23. The Hall–Kier alpha value is -1.50. The van der Waals surface area contributed by atoms with E-state index in [0.29, 0.717) is 5.75 Å². The van der Waals surface area contributed by atoms with E-state index in [4.69, 9.17) is 19.9 Å². The lowest BCUT2D eigenvalue weighted by atomic mass is 10.1. The third-order valence-electron chi connectivity index (χ3n) is 4.33. The van der Waals surface area contributed by atoms with E-state index in [1.807, 2.05) is 25.1 Å². The number of rotatable bonds is 8. The molecule has 0 spiro atoms. The number of ether oxygens (including phenoxy) is 3. The summed E-state index contributed by atoms with van der Waals surface area (Å²) in [7, 11) is 3.14. The molecule has 1 amide bonds. The van der Waals surface area contributed by atoms with Gasteiger partial charge in [-0.1, -0.05) is 6.07 Å². The molecule has 142 valence electrons. The predicted octanol–water partition coefficient (Wildman–Crippen LogP) is 2.59. The molecule has 0 saturated heterocycles. The zero-order valence-electron chi connectivity index (χ0n) is 15.1. The Kier molecular flexibility index (Phi) is 9.03. The van der Waals surface area contributed by atoms with Crippen molar-refractivity contribution in [3.63, 3.8) is 0 Å². The first-order chi connectivity index (χ1) is 11.5. The first kappa shape index (κ1) is 21.5. The van der Waals surface area contributed by atoms with Crippen molar-refractivity contribution in [1.29, 1.82) is 0 Å². The van der Waals surface area contributed by atoms with Crippen molar-refractivity contribution >= 4 is 18.3 Å². The van der Waals surface area contributed by atoms with Crippen molar-refractivity contribution in [2.24, 2.45) is 5.73 Å². The van der Waals surface area contributed by atoms with Crippen molar-refractivity contribution in [1.82, 2.24) is 5.32 Å². The fourth-order valence-corrected chi connectivity index (χ4v) is 2.90. The van der Waals surface area contributed by atoms with E-state index >= 15 is 0 Å². The number of methoxy groups -OCH3 is 2. The Labute approximate surface area is 155 Å². The largest absolute Gasteiger partial charge is 0.493 e. The Morgan fingerprint density at radius 3 is 2.56 bits per heavy atom. The number of benzene rings is 1. The van der Waals surface area contributed by atoms with E-state index in [2.05, 4.69) is 5.32 Å². The molecule has 1 aliphatic rings. The van der Waals surface area contributed by atoms with Gasteiger partial charge in [0.2, 0.25) is 5.91 Å².